The average Bonchev–Trinajstić information content (AvgIpc) is 2.42. The molecule has 1 aromatic rings. The van der Waals surface area contributed by atoms with E-state index in [1.807, 2.05) is 25.1 Å². The first-order valence-electron chi connectivity index (χ1n) is 7.41. The number of rotatable bonds is 7. The van der Waals surface area contributed by atoms with Gasteiger partial charge in [-0.1, -0.05) is 19.1 Å². The minimum Gasteiger partial charge on any atom is -0.489 e. The smallest absolute Gasteiger partial charge is 0.191 e. The second-order valence-corrected chi connectivity index (χ2v) is 4.89. The van der Waals surface area contributed by atoms with Gasteiger partial charge in [0.25, 0.3) is 0 Å². The fourth-order valence-electron chi connectivity index (χ4n) is 1.76. The van der Waals surface area contributed by atoms with E-state index in [0.717, 1.165) is 31.2 Å². The van der Waals surface area contributed by atoms with Crippen LogP contribution in [0.25, 0.3) is 0 Å². The predicted octanol–water partition coefficient (Wildman–Crippen LogP) is 2.73. The summed E-state index contributed by atoms with van der Waals surface area (Å²) in [6, 6.07) is 8.09. The molecule has 1 rings (SSSR count). The van der Waals surface area contributed by atoms with Crippen molar-refractivity contribution >= 4 is 5.96 Å². The van der Waals surface area contributed by atoms with E-state index < -0.39 is 0 Å². The van der Waals surface area contributed by atoms with Gasteiger partial charge < -0.3 is 15.4 Å². The lowest BCUT2D eigenvalue weighted by Crippen LogP contribution is -2.38. The maximum absolute atomic E-state index is 5.87. The van der Waals surface area contributed by atoms with Crippen molar-refractivity contribution in [2.24, 2.45) is 4.99 Å². The van der Waals surface area contributed by atoms with Crippen molar-refractivity contribution in [3.8, 4) is 5.75 Å². The Morgan fingerprint density at radius 3 is 2.75 bits per heavy atom. The number of hydrogen-bond donors (Lipinski definition) is 2. The molecule has 0 saturated carbocycles. The molecule has 20 heavy (non-hydrogen) atoms. The van der Waals surface area contributed by atoms with E-state index in [1.54, 1.807) is 0 Å². The minimum atomic E-state index is 0.0499. The van der Waals surface area contributed by atoms with Gasteiger partial charge in [-0.2, -0.15) is 0 Å². The Morgan fingerprint density at radius 2 is 2.10 bits per heavy atom. The lowest BCUT2D eigenvalue weighted by atomic mass is 10.2. The molecule has 112 valence electrons. The molecule has 1 atom stereocenters. The zero-order chi connectivity index (χ0) is 14.8. The highest BCUT2D eigenvalue weighted by atomic mass is 16.5. The third-order valence-corrected chi connectivity index (χ3v) is 2.72. The van der Waals surface area contributed by atoms with E-state index in [-0.39, 0.29) is 6.10 Å². The highest BCUT2D eigenvalue weighted by molar-refractivity contribution is 5.79. The summed E-state index contributed by atoms with van der Waals surface area (Å²) < 4.78 is 5.87. The van der Waals surface area contributed by atoms with Gasteiger partial charge in [-0.05, 0) is 44.9 Å². The quantitative estimate of drug-likeness (QED) is 0.595. The fourth-order valence-corrected chi connectivity index (χ4v) is 1.76. The van der Waals surface area contributed by atoms with Gasteiger partial charge in [-0.3, -0.25) is 0 Å². The molecule has 2 N–H and O–H groups in total. The normalized spacial score (nSPS) is 12.9. The van der Waals surface area contributed by atoms with Crippen LogP contribution in [0.4, 0.5) is 0 Å². The van der Waals surface area contributed by atoms with Crippen molar-refractivity contribution in [3.05, 3.63) is 29.8 Å². The molecule has 4 nitrogen and oxygen atoms in total. The Labute approximate surface area is 122 Å². The summed E-state index contributed by atoms with van der Waals surface area (Å²) in [5.41, 5.74) is 1.20. The summed E-state index contributed by atoms with van der Waals surface area (Å²) >= 11 is 0. The average molecular weight is 277 g/mol. The van der Waals surface area contributed by atoms with Crippen LogP contribution in [0.3, 0.4) is 0 Å². The van der Waals surface area contributed by atoms with E-state index in [9.17, 15) is 0 Å². The molecular formula is C16H27N3O. The lowest BCUT2D eigenvalue weighted by Gasteiger charge is -2.15. The first kappa shape index (κ1) is 16.3. The summed E-state index contributed by atoms with van der Waals surface area (Å²) in [4.78, 5) is 4.54. The fraction of sp³-hybridized carbons (Fsp3) is 0.562. The summed E-state index contributed by atoms with van der Waals surface area (Å²) in [5.74, 6) is 1.76. The first-order valence-corrected chi connectivity index (χ1v) is 7.41. The molecule has 0 radical (unpaired) electrons. The largest absolute Gasteiger partial charge is 0.489 e. The van der Waals surface area contributed by atoms with Crippen LogP contribution in [0.2, 0.25) is 0 Å². The number of aliphatic imine (C=N–C) groups is 1. The lowest BCUT2D eigenvalue weighted by molar-refractivity contribution is 0.230. The topological polar surface area (TPSA) is 45.7 Å². The Morgan fingerprint density at radius 1 is 1.30 bits per heavy atom. The number of ether oxygens (including phenoxy) is 1. The van der Waals surface area contributed by atoms with E-state index >= 15 is 0 Å². The van der Waals surface area contributed by atoms with E-state index in [1.165, 1.54) is 5.56 Å². The van der Waals surface area contributed by atoms with Gasteiger partial charge in [-0.25, -0.2) is 4.99 Å². The van der Waals surface area contributed by atoms with Crippen LogP contribution in [0.5, 0.6) is 5.75 Å². The van der Waals surface area contributed by atoms with Gasteiger partial charge in [0, 0.05) is 13.1 Å². The van der Waals surface area contributed by atoms with E-state index in [4.69, 9.17) is 4.74 Å². The van der Waals surface area contributed by atoms with E-state index in [2.05, 4.69) is 42.5 Å². The third-order valence-electron chi connectivity index (χ3n) is 2.72. The van der Waals surface area contributed by atoms with Crippen molar-refractivity contribution < 1.29 is 4.74 Å². The maximum Gasteiger partial charge on any atom is 0.191 e. The van der Waals surface area contributed by atoms with Crippen LogP contribution < -0.4 is 15.4 Å². The molecule has 0 bridgehead atoms. The molecule has 0 spiro atoms. The second kappa shape index (κ2) is 9.23. The molecule has 0 saturated heterocycles. The van der Waals surface area contributed by atoms with Crippen LogP contribution in [-0.2, 0) is 0 Å². The van der Waals surface area contributed by atoms with Crippen LogP contribution >= 0.6 is 0 Å². The Bertz CT molecular complexity index is 418. The summed E-state index contributed by atoms with van der Waals surface area (Å²) in [7, 11) is 0. The van der Waals surface area contributed by atoms with Gasteiger partial charge in [-0.15, -0.1) is 0 Å². The number of hydrogen-bond acceptors (Lipinski definition) is 2. The predicted molar refractivity (Wildman–Crippen MR) is 85.5 cm³/mol. The van der Waals surface area contributed by atoms with Crippen LogP contribution in [0.15, 0.2) is 29.3 Å². The highest BCUT2D eigenvalue weighted by Gasteiger charge is 2.04. The summed E-state index contributed by atoms with van der Waals surface area (Å²) in [6.07, 6.45) is 1.13. The van der Waals surface area contributed by atoms with Gasteiger partial charge in [0.1, 0.15) is 11.9 Å². The molecule has 4 heteroatoms. The Kier molecular flexibility index (Phi) is 7.55. The third kappa shape index (κ3) is 6.45. The number of aryl methyl sites for hydroxylation is 1. The SMILES string of the molecule is CCCNC(=NCC(C)Oc1cccc(C)c1)NCC. The number of guanidine groups is 1. The van der Waals surface area contributed by atoms with Gasteiger partial charge >= 0.3 is 0 Å². The van der Waals surface area contributed by atoms with E-state index in [0.29, 0.717) is 6.54 Å². The molecule has 0 aliphatic carbocycles. The molecule has 0 heterocycles. The van der Waals surface area contributed by atoms with Crippen LogP contribution in [0, 0.1) is 6.92 Å². The van der Waals surface area contributed by atoms with Gasteiger partial charge in [0.15, 0.2) is 5.96 Å². The summed E-state index contributed by atoms with van der Waals surface area (Å²) in [5, 5.41) is 6.51. The standard InChI is InChI=1S/C16H27N3O/c1-5-10-18-16(17-6-2)19-12-14(4)20-15-9-7-8-13(3)11-15/h7-9,11,14H,5-6,10,12H2,1-4H3,(H2,17,18,19). The molecule has 0 fully saturated rings. The molecule has 1 unspecified atom stereocenters. The molecule has 0 aliphatic heterocycles. The first-order chi connectivity index (χ1) is 9.65. The second-order valence-electron chi connectivity index (χ2n) is 4.89. The van der Waals surface area contributed by atoms with Crippen molar-refractivity contribution in [2.75, 3.05) is 19.6 Å². The van der Waals surface area contributed by atoms with Crippen molar-refractivity contribution in [3.63, 3.8) is 0 Å². The van der Waals surface area contributed by atoms with Crippen LogP contribution in [0.1, 0.15) is 32.8 Å². The van der Waals surface area contributed by atoms with Crippen molar-refractivity contribution in [1.82, 2.24) is 10.6 Å². The zero-order valence-electron chi connectivity index (χ0n) is 13.1. The monoisotopic (exact) mass is 277 g/mol. The van der Waals surface area contributed by atoms with Crippen molar-refractivity contribution in [2.45, 2.75) is 40.2 Å². The minimum absolute atomic E-state index is 0.0499. The highest BCUT2D eigenvalue weighted by Crippen LogP contribution is 2.14. The molecule has 0 amide bonds. The Balaban J connectivity index is 2.48. The number of benzene rings is 1. The van der Waals surface area contributed by atoms with Gasteiger partial charge in [0.2, 0.25) is 0 Å². The van der Waals surface area contributed by atoms with Gasteiger partial charge in [0.05, 0.1) is 6.54 Å². The van der Waals surface area contributed by atoms with Crippen molar-refractivity contribution in [1.29, 1.82) is 0 Å². The Hall–Kier alpha value is -1.71. The van der Waals surface area contributed by atoms with Crippen LogP contribution in [-0.4, -0.2) is 31.7 Å². The molecule has 0 aromatic heterocycles. The number of nitrogens with one attached hydrogen (secondary N) is 2. The number of nitrogens with zero attached hydrogens (tertiary/aromatic N) is 1. The molecule has 0 aliphatic rings. The molecular weight excluding hydrogens is 250 g/mol. The maximum atomic E-state index is 5.87. The summed E-state index contributed by atoms with van der Waals surface area (Å²) in [6.45, 7) is 10.7. The zero-order valence-corrected chi connectivity index (χ0v) is 13.1. The molecule has 1 aromatic carbocycles.